The number of hydrogen-bond acceptors (Lipinski definition) is 8. The lowest BCUT2D eigenvalue weighted by molar-refractivity contribution is 0.102. The highest BCUT2D eigenvalue weighted by molar-refractivity contribution is 7.89. The fourth-order valence-electron chi connectivity index (χ4n) is 6.00. The number of nitrogens with one attached hydrogen (secondary N) is 1. The maximum absolute atomic E-state index is 13.8. The number of rotatable bonds is 7. The van der Waals surface area contributed by atoms with Crippen LogP contribution in [-0.2, 0) is 32.8 Å². The van der Waals surface area contributed by atoms with Crippen molar-refractivity contribution in [3.8, 4) is 11.1 Å². The summed E-state index contributed by atoms with van der Waals surface area (Å²) < 4.78 is 53.6. The smallest absolute Gasteiger partial charge is 0.294 e. The number of para-hydroxylation sites is 1. The summed E-state index contributed by atoms with van der Waals surface area (Å²) in [5, 5.41) is 3.97. The Morgan fingerprint density at radius 2 is 1.32 bits per heavy atom. The molecule has 1 heterocycles. The van der Waals surface area contributed by atoms with Gasteiger partial charge in [0.15, 0.2) is 21.4 Å². The highest BCUT2D eigenvalue weighted by atomic mass is 32.2. The number of anilines is 2. The molecule has 0 spiro atoms. The van der Waals surface area contributed by atoms with E-state index >= 15 is 0 Å². The molecular formula is C41H40N2O8S2. The number of benzene rings is 5. The van der Waals surface area contributed by atoms with Crippen LogP contribution in [0.15, 0.2) is 131 Å². The molecular weight excluding hydrogens is 713 g/mol. The fourth-order valence-corrected chi connectivity index (χ4v) is 7.33. The summed E-state index contributed by atoms with van der Waals surface area (Å²) >= 11 is 0. The zero-order valence-corrected chi connectivity index (χ0v) is 30.5. The Kier molecular flexibility index (Phi) is 12.3. The second-order valence-corrected chi connectivity index (χ2v) is 15.3. The number of carbonyl (C=O) groups is 2. The van der Waals surface area contributed by atoms with Crippen molar-refractivity contribution in [2.75, 3.05) is 11.6 Å². The summed E-state index contributed by atoms with van der Waals surface area (Å²) in [7, 11) is -5.85. The molecule has 274 valence electrons. The van der Waals surface area contributed by atoms with Crippen LogP contribution < -0.4 is 10.9 Å². The van der Waals surface area contributed by atoms with Gasteiger partial charge in [0.05, 0.1) is 33.0 Å². The number of aryl methyl sites for hydroxylation is 1. The maximum Gasteiger partial charge on any atom is 0.294 e. The van der Waals surface area contributed by atoms with Gasteiger partial charge in [-0.1, -0.05) is 106 Å². The predicted molar refractivity (Wildman–Crippen MR) is 211 cm³/mol. The third-order valence-corrected chi connectivity index (χ3v) is 9.88. The lowest BCUT2D eigenvalue weighted by Crippen LogP contribution is -2.29. The quantitative estimate of drug-likeness (QED) is 0.122. The number of nitrogens with zero attached hydrogens (tertiary/aromatic N) is 1. The van der Waals surface area contributed by atoms with E-state index in [0.29, 0.717) is 50.0 Å². The third kappa shape index (κ3) is 8.52. The number of aromatic nitrogens is 1. The summed E-state index contributed by atoms with van der Waals surface area (Å²) in [5.41, 5.74) is 4.54. The van der Waals surface area contributed by atoms with E-state index in [1.807, 2.05) is 74.5 Å². The molecule has 0 radical (unpaired) electrons. The number of pyridine rings is 1. The number of fused-ring (bicyclic) bond motifs is 2. The van der Waals surface area contributed by atoms with Crippen molar-refractivity contribution >= 4 is 53.8 Å². The van der Waals surface area contributed by atoms with Gasteiger partial charge in [0.25, 0.3) is 15.7 Å². The summed E-state index contributed by atoms with van der Waals surface area (Å²) in [6.07, 6.45) is 1.05. The Bertz CT molecular complexity index is 2600. The zero-order chi connectivity index (χ0) is 37.8. The van der Waals surface area contributed by atoms with E-state index in [1.54, 1.807) is 43.4 Å². The zero-order valence-electron chi connectivity index (χ0n) is 28.8. The fraction of sp³-hybridized carbons (Fsp3) is 0.146. The largest absolute Gasteiger partial charge is 0.355 e. The minimum atomic E-state index is -4.28. The lowest BCUT2D eigenvalue weighted by Gasteiger charge is -2.25. The van der Waals surface area contributed by atoms with Crippen LogP contribution in [0.4, 0.5) is 11.4 Å². The molecule has 0 unspecified atom stereocenters. The number of sulfone groups is 1. The van der Waals surface area contributed by atoms with Gasteiger partial charge in [-0.15, -0.1) is 0 Å². The van der Waals surface area contributed by atoms with Crippen LogP contribution in [0, 0.1) is 0 Å². The molecule has 7 rings (SSSR count). The van der Waals surface area contributed by atoms with E-state index in [4.69, 9.17) is 4.55 Å². The Labute approximate surface area is 309 Å². The maximum atomic E-state index is 13.8. The van der Waals surface area contributed by atoms with Crippen LogP contribution in [-0.4, -0.2) is 43.8 Å². The molecule has 6 aromatic rings. The van der Waals surface area contributed by atoms with Gasteiger partial charge in [-0.3, -0.25) is 18.9 Å². The monoisotopic (exact) mass is 752 g/mol. The summed E-state index contributed by atoms with van der Waals surface area (Å²) in [5.74, 6) is -0.760. The Balaban J connectivity index is 0.000000295. The second kappa shape index (κ2) is 16.3. The molecule has 1 aromatic heterocycles. The van der Waals surface area contributed by atoms with Crippen LogP contribution >= 0.6 is 0 Å². The average molecular weight is 753 g/mol. The first-order valence-electron chi connectivity index (χ1n) is 16.2. The molecule has 0 amide bonds. The molecule has 0 aliphatic heterocycles. The van der Waals surface area contributed by atoms with Gasteiger partial charge in [-0.2, -0.15) is 8.42 Å². The predicted octanol–water partition coefficient (Wildman–Crippen LogP) is 7.86. The first kappa shape index (κ1) is 40.1. The van der Waals surface area contributed by atoms with Gasteiger partial charge < -0.3 is 9.88 Å². The van der Waals surface area contributed by atoms with E-state index in [2.05, 4.69) is 5.32 Å². The lowest BCUT2D eigenvalue weighted by atomic mass is 9.80. The first-order valence-corrected chi connectivity index (χ1v) is 19.7. The average Bonchev–Trinajstić information content (AvgIpc) is 3.13. The van der Waals surface area contributed by atoms with Crippen molar-refractivity contribution in [2.45, 2.75) is 31.9 Å². The van der Waals surface area contributed by atoms with Crippen molar-refractivity contribution in [3.05, 3.63) is 159 Å². The van der Waals surface area contributed by atoms with E-state index in [9.17, 15) is 31.2 Å². The molecule has 0 saturated carbocycles. The molecule has 53 heavy (non-hydrogen) atoms. The molecule has 10 nitrogen and oxygen atoms in total. The van der Waals surface area contributed by atoms with Crippen molar-refractivity contribution in [1.29, 1.82) is 0 Å². The topological polar surface area (TPSA) is 157 Å². The van der Waals surface area contributed by atoms with Crippen LogP contribution in [0.5, 0.6) is 0 Å². The SMILES string of the molecule is C.CC.CS(=O)(=O)Cc1cccc(S(=O)(=O)O)c1.Cn1c(=O)c(C(=O)c2ccccc2)c2c3c(c(Nc4ccccc4)ccc31)C(=O)c1ccccc1-2. The Morgan fingerprint density at radius 1 is 0.736 bits per heavy atom. The molecule has 5 aromatic carbocycles. The van der Waals surface area contributed by atoms with Gasteiger partial charge in [-0.05, 0) is 47.5 Å². The summed E-state index contributed by atoms with van der Waals surface area (Å²) in [6, 6.07) is 34.4. The first-order chi connectivity index (χ1) is 24.7. The highest BCUT2D eigenvalue weighted by Gasteiger charge is 2.34. The molecule has 0 bridgehead atoms. The summed E-state index contributed by atoms with van der Waals surface area (Å²) in [6.45, 7) is 4.00. The molecule has 0 fully saturated rings. The van der Waals surface area contributed by atoms with E-state index in [0.717, 1.165) is 18.0 Å². The minimum absolute atomic E-state index is 0. The van der Waals surface area contributed by atoms with Crippen molar-refractivity contribution in [3.63, 3.8) is 0 Å². The number of hydrogen-bond donors (Lipinski definition) is 2. The molecule has 1 aliphatic rings. The number of ketones is 2. The van der Waals surface area contributed by atoms with Crippen molar-refractivity contribution < 1.29 is 31.0 Å². The van der Waals surface area contributed by atoms with Crippen LogP contribution in [0.25, 0.3) is 22.0 Å². The van der Waals surface area contributed by atoms with Crippen LogP contribution in [0.3, 0.4) is 0 Å². The molecule has 12 heteroatoms. The van der Waals surface area contributed by atoms with E-state index < -0.39 is 20.0 Å². The van der Waals surface area contributed by atoms with Gasteiger partial charge >= 0.3 is 0 Å². The van der Waals surface area contributed by atoms with Crippen LogP contribution in [0.1, 0.15) is 58.7 Å². The van der Waals surface area contributed by atoms with Gasteiger partial charge in [0, 0.05) is 41.1 Å². The number of carbonyl (C=O) groups excluding carboxylic acids is 2. The standard InChI is InChI=1S/C30H20N2O3.C8H10O5S2.C2H6.CH4/c1-32-23-17-16-22(31-19-12-6-3-7-13-19)25-26(23)24(20-14-8-9-15-21(20)29(25)34)27(30(32)35)28(33)18-10-4-2-5-11-18;1-14(9,10)6-7-3-2-4-8(5-7)15(11,12)13;1-2;/h2-17,31H,1H3;2-5H,6H2,1H3,(H,11,12,13);1-2H3;1H4. The van der Waals surface area contributed by atoms with Crippen molar-refractivity contribution in [2.24, 2.45) is 7.05 Å². The van der Waals surface area contributed by atoms with Gasteiger partial charge in [0.2, 0.25) is 0 Å². The summed E-state index contributed by atoms with van der Waals surface area (Å²) in [4.78, 5) is 40.9. The highest BCUT2D eigenvalue weighted by Crippen LogP contribution is 2.44. The van der Waals surface area contributed by atoms with Gasteiger partial charge in [-0.25, -0.2) is 8.42 Å². The second-order valence-electron chi connectivity index (χ2n) is 11.7. The van der Waals surface area contributed by atoms with Gasteiger partial charge in [0.1, 0.15) is 0 Å². The third-order valence-electron chi connectivity index (χ3n) is 8.17. The van der Waals surface area contributed by atoms with E-state index in [-0.39, 0.29) is 40.8 Å². The minimum Gasteiger partial charge on any atom is -0.355 e. The van der Waals surface area contributed by atoms with Crippen LogP contribution in [0.2, 0.25) is 0 Å². The Hall–Kier alpha value is -5.69. The molecule has 1 aliphatic carbocycles. The molecule has 2 N–H and O–H groups in total. The van der Waals surface area contributed by atoms with Crippen molar-refractivity contribution in [1.82, 2.24) is 4.57 Å². The Morgan fingerprint density at radius 3 is 1.92 bits per heavy atom. The molecule has 0 atom stereocenters. The molecule has 0 saturated heterocycles. The normalized spacial score (nSPS) is 11.5. The van der Waals surface area contributed by atoms with E-state index in [1.165, 1.54) is 22.8 Å².